The molecule has 0 aromatic carbocycles. The summed E-state index contributed by atoms with van der Waals surface area (Å²) in [6, 6.07) is 0.0719. The van der Waals surface area contributed by atoms with Crippen LogP contribution in [0.25, 0.3) is 0 Å². The van der Waals surface area contributed by atoms with Gasteiger partial charge in [0.1, 0.15) is 0 Å². The summed E-state index contributed by atoms with van der Waals surface area (Å²) in [5.41, 5.74) is 5.98. The molecular weight excluding hydrogens is 198 g/mol. The summed E-state index contributed by atoms with van der Waals surface area (Å²) in [6.07, 6.45) is 2.90. The third kappa shape index (κ3) is 5.08. The maximum atomic E-state index is 11.8. The minimum atomic E-state index is -0.839. The molecule has 0 aromatic rings. The van der Waals surface area contributed by atoms with E-state index in [4.69, 9.17) is 10.5 Å². The summed E-state index contributed by atoms with van der Waals surface area (Å²) in [6.45, 7) is 4.71. The van der Waals surface area contributed by atoms with Gasteiger partial charge >= 0.3 is 0 Å². The van der Waals surface area contributed by atoms with E-state index in [-0.39, 0.29) is 11.3 Å². The van der Waals surface area contributed by atoms with E-state index in [9.17, 15) is 4.21 Å². The SMILES string of the molecule is CCCC(N)C(CC)S(=O)CCOC. The lowest BCUT2D eigenvalue weighted by Crippen LogP contribution is -2.38. The van der Waals surface area contributed by atoms with Crippen LogP contribution in [0.2, 0.25) is 0 Å². The van der Waals surface area contributed by atoms with Gasteiger partial charge in [0.15, 0.2) is 0 Å². The first-order chi connectivity index (χ1) is 6.67. The molecule has 0 aromatic heterocycles. The highest BCUT2D eigenvalue weighted by atomic mass is 32.2. The molecule has 86 valence electrons. The molecule has 0 aliphatic heterocycles. The molecule has 2 N–H and O–H groups in total. The summed E-state index contributed by atoms with van der Waals surface area (Å²) in [5.74, 6) is 0.604. The van der Waals surface area contributed by atoms with Gasteiger partial charge in [-0.05, 0) is 12.8 Å². The van der Waals surface area contributed by atoms with Crippen molar-refractivity contribution in [3.8, 4) is 0 Å². The maximum absolute atomic E-state index is 11.8. The molecule has 3 unspecified atom stereocenters. The van der Waals surface area contributed by atoms with Crippen LogP contribution in [-0.4, -0.2) is 35.0 Å². The minimum absolute atomic E-state index is 0.0719. The first kappa shape index (κ1) is 14.1. The first-order valence-electron chi connectivity index (χ1n) is 5.29. The second kappa shape index (κ2) is 8.38. The molecule has 0 amide bonds. The van der Waals surface area contributed by atoms with Crippen LogP contribution in [0, 0.1) is 0 Å². The third-order valence-electron chi connectivity index (χ3n) is 2.33. The second-order valence-electron chi connectivity index (χ2n) is 3.48. The molecule has 0 saturated carbocycles. The van der Waals surface area contributed by atoms with Gasteiger partial charge in [0.05, 0.1) is 6.61 Å². The van der Waals surface area contributed by atoms with E-state index in [2.05, 4.69) is 6.92 Å². The van der Waals surface area contributed by atoms with Crippen molar-refractivity contribution in [2.45, 2.75) is 44.4 Å². The zero-order valence-corrected chi connectivity index (χ0v) is 10.3. The van der Waals surface area contributed by atoms with E-state index < -0.39 is 10.8 Å². The van der Waals surface area contributed by atoms with Gasteiger partial charge in [0.25, 0.3) is 0 Å². The fraction of sp³-hybridized carbons (Fsp3) is 1.00. The van der Waals surface area contributed by atoms with Crippen molar-refractivity contribution in [3.05, 3.63) is 0 Å². The quantitative estimate of drug-likeness (QED) is 0.672. The van der Waals surface area contributed by atoms with E-state index in [1.165, 1.54) is 0 Å². The van der Waals surface area contributed by atoms with Gasteiger partial charge < -0.3 is 10.5 Å². The molecule has 0 bridgehead atoms. The van der Waals surface area contributed by atoms with Gasteiger partial charge in [-0.2, -0.15) is 0 Å². The highest BCUT2D eigenvalue weighted by Gasteiger charge is 2.21. The standard InChI is InChI=1S/C10H23NO2S/c1-4-6-9(11)10(5-2)14(12)8-7-13-3/h9-10H,4-8,11H2,1-3H3. The Bertz CT molecular complexity index is 164. The molecule has 4 heteroatoms. The summed E-state index contributed by atoms with van der Waals surface area (Å²) >= 11 is 0. The highest BCUT2D eigenvalue weighted by Crippen LogP contribution is 2.10. The number of hydrogen-bond acceptors (Lipinski definition) is 3. The van der Waals surface area contributed by atoms with Gasteiger partial charge in [0, 0.05) is 35.0 Å². The number of hydrogen-bond donors (Lipinski definition) is 1. The third-order valence-corrected chi connectivity index (χ3v) is 4.26. The van der Waals surface area contributed by atoms with E-state index >= 15 is 0 Å². The monoisotopic (exact) mass is 221 g/mol. The Hall–Kier alpha value is 0.0700. The van der Waals surface area contributed by atoms with E-state index in [1.54, 1.807) is 7.11 Å². The van der Waals surface area contributed by atoms with Crippen molar-refractivity contribution >= 4 is 10.8 Å². The molecule has 0 radical (unpaired) electrons. The van der Waals surface area contributed by atoms with Crippen molar-refractivity contribution in [1.82, 2.24) is 0 Å². The Morgan fingerprint density at radius 3 is 2.50 bits per heavy atom. The molecule has 0 heterocycles. The number of ether oxygens (including phenoxy) is 1. The van der Waals surface area contributed by atoms with Gasteiger partial charge in [-0.3, -0.25) is 4.21 Å². The molecule has 0 aliphatic rings. The van der Waals surface area contributed by atoms with Crippen molar-refractivity contribution in [3.63, 3.8) is 0 Å². The van der Waals surface area contributed by atoms with E-state index in [0.29, 0.717) is 12.4 Å². The lowest BCUT2D eigenvalue weighted by atomic mass is 10.1. The molecule has 14 heavy (non-hydrogen) atoms. The molecule has 0 saturated heterocycles. The Kier molecular flexibility index (Phi) is 8.43. The van der Waals surface area contributed by atoms with Crippen LogP contribution in [0.4, 0.5) is 0 Å². The fourth-order valence-corrected chi connectivity index (χ4v) is 3.05. The van der Waals surface area contributed by atoms with Gasteiger partial charge in [0.2, 0.25) is 0 Å². The van der Waals surface area contributed by atoms with Crippen LogP contribution in [0.5, 0.6) is 0 Å². The van der Waals surface area contributed by atoms with E-state index in [0.717, 1.165) is 19.3 Å². The fourth-order valence-electron chi connectivity index (χ4n) is 1.52. The predicted octanol–water partition coefficient (Wildman–Crippen LogP) is 1.29. The van der Waals surface area contributed by atoms with Gasteiger partial charge in [-0.15, -0.1) is 0 Å². The van der Waals surface area contributed by atoms with Crippen molar-refractivity contribution in [2.75, 3.05) is 19.5 Å². The van der Waals surface area contributed by atoms with Crippen LogP contribution >= 0.6 is 0 Å². The molecule has 0 aliphatic carbocycles. The van der Waals surface area contributed by atoms with Crippen LogP contribution in [0.3, 0.4) is 0 Å². The average Bonchev–Trinajstić information content (AvgIpc) is 2.16. The van der Waals surface area contributed by atoms with E-state index in [1.807, 2.05) is 6.92 Å². The second-order valence-corrected chi connectivity index (χ2v) is 5.25. The maximum Gasteiger partial charge on any atom is 0.0577 e. The van der Waals surface area contributed by atoms with Crippen LogP contribution in [-0.2, 0) is 15.5 Å². The molecular formula is C10H23NO2S. The van der Waals surface area contributed by atoms with Crippen molar-refractivity contribution < 1.29 is 8.95 Å². The zero-order chi connectivity index (χ0) is 11.0. The Labute approximate surface area is 89.9 Å². The summed E-state index contributed by atoms with van der Waals surface area (Å²) in [5, 5.41) is 0.130. The largest absolute Gasteiger partial charge is 0.384 e. The van der Waals surface area contributed by atoms with Gasteiger partial charge in [-0.25, -0.2) is 0 Å². The number of rotatable bonds is 8. The van der Waals surface area contributed by atoms with Crippen LogP contribution < -0.4 is 5.73 Å². The first-order valence-corrected chi connectivity index (χ1v) is 6.67. The topological polar surface area (TPSA) is 52.3 Å². The predicted molar refractivity (Wildman–Crippen MR) is 61.8 cm³/mol. The smallest absolute Gasteiger partial charge is 0.0577 e. The molecule has 3 nitrogen and oxygen atoms in total. The number of nitrogens with two attached hydrogens (primary N) is 1. The van der Waals surface area contributed by atoms with Crippen molar-refractivity contribution in [2.24, 2.45) is 5.73 Å². The summed E-state index contributed by atoms with van der Waals surface area (Å²) < 4.78 is 16.7. The van der Waals surface area contributed by atoms with Crippen LogP contribution in [0.15, 0.2) is 0 Å². The number of methoxy groups -OCH3 is 1. The Morgan fingerprint density at radius 1 is 1.43 bits per heavy atom. The Balaban J connectivity index is 4.03. The normalized spacial score (nSPS) is 17.7. The molecule has 0 fully saturated rings. The minimum Gasteiger partial charge on any atom is -0.384 e. The Morgan fingerprint density at radius 2 is 2.07 bits per heavy atom. The van der Waals surface area contributed by atoms with Crippen LogP contribution in [0.1, 0.15) is 33.1 Å². The average molecular weight is 221 g/mol. The zero-order valence-electron chi connectivity index (χ0n) is 9.49. The highest BCUT2D eigenvalue weighted by molar-refractivity contribution is 7.85. The molecule has 3 atom stereocenters. The lowest BCUT2D eigenvalue weighted by Gasteiger charge is -2.21. The lowest BCUT2D eigenvalue weighted by molar-refractivity contribution is 0.217. The van der Waals surface area contributed by atoms with Gasteiger partial charge in [-0.1, -0.05) is 20.3 Å². The summed E-state index contributed by atoms with van der Waals surface area (Å²) in [4.78, 5) is 0. The molecule has 0 rings (SSSR count). The van der Waals surface area contributed by atoms with Crippen molar-refractivity contribution in [1.29, 1.82) is 0 Å². The molecule has 0 spiro atoms. The summed E-state index contributed by atoms with van der Waals surface area (Å²) in [7, 11) is 0.790.